The van der Waals surface area contributed by atoms with Crippen LogP contribution in [0.1, 0.15) is 32.8 Å². The molecule has 0 radical (unpaired) electrons. The zero-order valence-corrected chi connectivity index (χ0v) is 12.1. The molecule has 5 heteroatoms. The molecular weight excluding hydrogens is 256 g/mol. The van der Waals surface area contributed by atoms with E-state index < -0.39 is 18.0 Å². The number of aliphatic carboxylic acids is 1. The van der Waals surface area contributed by atoms with E-state index in [0.717, 1.165) is 12.0 Å². The lowest BCUT2D eigenvalue weighted by molar-refractivity contribution is -0.140. The van der Waals surface area contributed by atoms with E-state index in [4.69, 9.17) is 5.11 Å². The molecule has 2 amide bonds. The van der Waals surface area contributed by atoms with Crippen LogP contribution >= 0.6 is 0 Å². The smallest absolute Gasteiger partial charge is 0.326 e. The Balaban J connectivity index is 2.73. The van der Waals surface area contributed by atoms with Crippen molar-refractivity contribution in [2.45, 2.75) is 39.7 Å². The van der Waals surface area contributed by atoms with Crippen molar-refractivity contribution in [2.75, 3.05) is 5.32 Å². The van der Waals surface area contributed by atoms with Gasteiger partial charge < -0.3 is 15.7 Å². The van der Waals surface area contributed by atoms with Crippen LogP contribution in [0.25, 0.3) is 0 Å². The molecule has 0 aliphatic carbocycles. The van der Waals surface area contributed by atoms with E-state index >= 15 is 0 Å². The molecule has 0 saturated carbocycles. The minimum absolute atomic E-state index is 0.125. The third-order valence-corrected chi connectivity index (χ3v) is 3.41. The Bertz CT molecular complexity index is 474. The van der Waals surface area contributed by atoms with Gasteiger partial charge in [-0.3, -0.25) is 0 Å². The van der Waals surface area contributed by atoms with Crippen molar-refractivity contribution in [2.24, 2.45) is 5.92 Å². The molecule has 0 aromatic heterocycles. The highest BCUT2D eigenvalue weighted by atomic mass is 16.4. The Morgan fingerprint density at radius 3 is 2.45 bits per heavy atom. The fourth-order valence-corrected chi connectivity index (χ4v) is 1.93. The number of carboxylic acid groups (broad SMARTS) is 1. The molecule has 3 N–H and O–H groups in total. The maximum Gasteiger partial charge on any atom is 0.326 e. The summed E-state index contributed by atoms with van der Waals surface area (Å²) < 4.78 is 0. The van der Waals surface area contributed by atoms with Crippen molar-refractivity contribution in [1.29, 1.82) is 0 Å². The summed E-state index contributed by atoms with van der Waals surface area (Å²) in [4.78, 5) is 23.1. The van der Waals surface area contributed by atoms with Crippen molar-refractivity contribution in [3.05, 3.63) is 29.8 Å². The van der Waals surface area contributed by atoms with Gasteiger partial charge in [0.25, 0.3) is 0 Å². The highest BCUT2D eigenvalue weighted by Crippen LogP contribution is 2.15. The highest BCUT2D eigenvalue weighted by molar-refractivity contribution is 5.92. The molecule has 0 bridgehead atoms. The van der Waals surface area contributed by atoms with E-state index in [1.165, 1.54) is 0 Å². The molecule has 5 nitrogen and oxygen atoms in total. The maximum atomic E-state index is 11.9. The Labute approximate surface area is 119 Å². The summed E-state index contributed by atoms with van der Waals surface area (Å²) in [5.74, 6) is -1.14. The lowest BCUT2D eigenvalue weighted by Crippen LogP contribution is -2.46. The van der Waals surface area contributed by atoms with Crippen molar-refractivity contribution in [1.82, 2.24) is 5.32 Å². The molecule has 0 aliphatic heterocycles. The van der Waals surface area contributed by atoms with Gasteiger partial charge in [0.15, 0.2) is 0 Å². The van der Waals surface area contributed by atoms with Gasteiger partial charge in [0.05, 0.1) is 0 Å². The predicted molar refractivity (Wildman–Crippen MR) is 78.9 cm³/mol. The van der Waals surface area contributed by atoms with Crippen LogP contribution in [0, 0.1) is 5.92 Å². The average molecular weight is 278 g/mol. The predicted octanol–water partition coefficient (Wildman–Crippen LogP) is 2.87. The monoisotopic (exact) mass is 278 g/mol. The molecule has 1 aromatic carbocycles. The van der Waals surface area contributed by atoms with E-state index in [0.29, 0.717) is 12.1 Å². The Morgan fingerprint density at radius 1 is 1.25 bits per heavy atom. The summed E-state index contributed by atoms with van der Waals surface area (Å²) in [6.45, 7) is 5.70. The van der Waals surface area contributed by atoms with E-state index in [-0.39, 0.29) is 5.92 Å². The van der Waals surface area contributed by atoms with Crippen molar-refractivity contribution in [3.8, 4) is 0 Å². The molecule has 1 rings (SSSR count). The van der Waals surface area contributed by atoms with Crippen molar-refractivity contribution < 1.29 is 14.7 Å². The summed E-state index contributed by atoms with van der Waals surface area (Å²) in [7, 11) is 0. The molecule has 0 spiro atoms. The number of benzene rings is 1. The van der Waals surface area contributed by atoms with Gasteiger partial charge in [-0.05, 0) is 24.0 Å². The SMILES string of the molecule is CCc1ccccc1NC(=O)N[C@H](C(=O)O)[C@H](C)CC. The van der Waals surface area contributed by atoms with E-state index in [1.807, 2.05) is 32.0 Å². The van der Waals surface area contributed by atoms with Gasteiger partial charge >= 0.3 is 12.0 Å². The molecule has 0 unspecified atom stereocenters. The number of amides is 2. The van der Waals surface area contributed by atoms with E-state index in [9.17, 15) is 9.59 Å². The lowest BCUT2D eigenvalue weighted by atomic mass is 9.99. The van der Waals surface area contributed by atoms with Gasteiger partial charge in [0.2, 0.25) is 0 Å². The highest BCUT2D eigenvalue weighted by Gasteiger charge is 2.25. The lowest BCUT2D eigenvalue weighted by Gasteiger charge is -2.20. The number of urea groups is 1. The first-order valence-corrected chi connectivity index (χ1v) is 6.87. The second-order valence-electron chi connectivity index (χ2n) is 4.81. The van der Waals surface area contributed by atoms with Crippen molar-refractivity contribution >= 4 is 17.7 Å². The summed E-state index contributed by atoms with van der Waals surface area (Å²) in [5, 5.41) is 14.4. The Kier molecular flexibility index (Phi) is 6.03. The van der Waals surface area contributed by atoms with Gasteiger partial charge in [0.1, 0.15) is 6.04 Å². The molecule has 2 atom stereocenters. The fraction of sp³-hybridized carbons (Fsp3) is 0.467. The van der Waals surface area contributed by atoms with Gasteiger partial charge in [-0.15, -0.1) is 0 Å². The van der Waals surface area contributed by atoms with Crippen LogP contribution in [-0.4, -0.2) is 23.1 Å². The molecular formula is C15H22N2O3. The third kappa shape index (κ3) is 4.26. The van der Waals surface area contributed by atoms with E-state index in [1.54, 1.807) is 13.0 Å². The number of carbonyl (C=O) groups excluding carboxylic acids is 1. The summed E-state index contributed by atoms with van der Waals surface area (Å²) in [6, 6.07) is 6.10. The summed E-state index contributed by atoms with van der Waals surface area (Å²) in [6.07, 6.45) is 1.48. The minimum Gasteiger partial charge on any atom is -0.480 e. The van der Waals surface area contributed by atoms with Crippen LogP contribution in [0.3, 0.4) is 0 Å². The number of carboxylic acids is 1. The molecule has 20 heavy (non-hydrogen) atoms. The zero-order chi connectivity index (χ0) is 15.1. The molecule has 0 saturated heterocycles. The number of aryl methyl sites for hydroxylation is 1. The largest absolute Gasteiger partial charge is 0.480 e. The van der Waals surface area contributed by atoms with Gasteiger partial charge in [-0.25, -0.2) is 9.59 Å². The maximum absolute atomic E-state index is 11.9. The summed E-state index contributed by atoms with van der Waals surface area (Å²) in [5.41, 5.74) is 1.72. The van der Waals surface area contributed by atoms with Crippen LogP contribution in [0.15, 0.2) is 24.3 Å². The number of hydrogen-bond acceptors (Lipinski definition) is 2. The first-order chi connectivity index (χ1) is 9.49. The molecule has 0 fully saturated rings. The van der Waals surface area contributed by atoms with Gasteiger partial charge in [-0.2, -0.15) is 0 Å². The third-order valence-electron chi connectivity index (χ3n) is 3.41. The second kappa shape index (κ2) is 7.53. The number of para-hydroxylation sites is 1. The second-order valence-corrected chi connectivity index (χ2v) is 4.81. The number of hydrogen-bond donors (Lipinski definition) is 3. The van der Waals surface area contributed by atoms with Crippen LogP contribution in [0.5, 0.6) is 0 Å². The van der Waals surface area contributed by atoms with Gasteiger partial charge in [0, 0.05) is 5.69 Å². The van der Waals surface area contributed by atoms with E-state index in [2.05, 4.69) is 10.6 Å². The molecule has 110 valence electrons. The van der Waals surface area contributed by atoms with Crippen LogP contribution in [0.4, 0.5) is 10.5 Å². The molecule has 0 aliphatic rings. The quantitative estimate of drug-likeness (QED) is 0.748. The molecule has 1 aromatic rings. The average Bonchev–Trinajstić information content (AvgIpc) is 2.44. The number of rotatable bonds is 6. The minimum atomic E-state index is -1.02. The van der Waals surface area contributed by atoms with Crippen LogP contribution in [-0.2, 0) is 11.2 Å². The topological polar surface area (TPSA) is 78.4 Å². The first-order valence-electron chi connectivity index (χ1n) is 6.87. The van der Waals surface area contributed by atoms with Gasteiger partial charge in [-0.1, -0.05) is 45.4 Å². The Morgan fingerprint density at radius 2 is 1.90 bits per heavy atom. The van der Waals surface area contributed by atoms with Crippen LogP contribution in [0.2, 0.25) is 0 Å². The zero-order valence-electron chi connectivity index (χ0n) is 12.1. The van der Waals surface area contributed by atoms with Crippen LogP contribution < -0.4 is 10.6 Å². The molecule has 0 heterocycles. The number of nitrogens with one attached hydrogen (secondary N) is 2. The number of anilines is 1. The Hall–Kier alpha value is -2.04. The fourth-order valence-electron chi connectivity index (χ4n) is 1.93. The normalized spacial score (nSPS) is 13.3. The standard InChI is InChI=1S/C15H22N2O3/c1-4-10(3)13(14(18)19)17-15(20)16-12-9-7-6-8-11(12)5-2/h6-10,13H,4-5H2,1-3H3,(H,18,19)(H2,16,17,20)/t10-,13+/m1/s1. The summed E-state index contributed by atoms with van der Waals surface area (Å²) >= 11 is 0. The van der Waals surface area contributed by atoms with Crippen molar-refractivity contribution in [3.63, 3.8) is 0 Å². The first kappa shape index (κ1) is 16.0. The number of carbonyl (C=O) groups is 2.